The first kappa shape index (κ1) is 23.5. The first-order chi connectivity index (χ1) is 17.0. The minimum absolute atomic E-state index is 0.184. The van der Waals surface area contributed by atoms with Crippen LogP contribution in [-0.4, -0.2) is 17.6 Å². The van der Waals surface area contributed by atoms with Crippen LogP contribution < -0.4 is 24.9 Å². The molecule has 0 saturated carbocycles. The van der Waals surface area contributed by atoms with E-state index in [1.807, 2.05) is 79.0 Å². The van der Waals surface area contributed by atoms with Gasteiger partial charge in [0.15, 0.2) is 4.80 Å². The summed E-state index contributed by atoms with van der Waals surface area (Å²) in [6.45, 7) is 1.82. The number of hydrogen-bond acceptors (Lipinski definition) is 6. The highest BCUT2D eigenvalue weighted by molar-refractivity contribution is 9.10. The molecule has 1 amide bonds. The lowest BCUT2D eigenvalue weighted by Crippen LogP contribution is -2.40. The topological polar surface area (TPSA) is 72.7 Å². The van der Waals surface area contributed by atoms with Crippen molar-refractivity contribution >= 4 is 56.3 Å². The molecule has 2 aromatic heterocycles. The van der Waals surface area contributed by atoms with E-state index in [1.165, 1.54) is 22.7 Å². The lowest BCUT2D eigenvalue weighted by molar-refractivity contribution is -0.113. The van der Waals surface area contributed by atoms with Crippen molar-refractivity contribution in [2.45, 2.75) is 13.0 Å². The molecule has 0 spiro atoms. The molecule has 176 valence electrons. The molecule has 1 N–H and O–H groups in total. The maximum atomic E-state index is 13.7. The van der Waals surface area contributed by atoms with Gasteiger partial charge in [-0.25, -0.2) is 4.99 Å². The van der Waals surface area contributed by atoms with Crippen molar-refractivity contribution in [3.05, 3.63) is 112 Å². The number of nitrogens with zero attached hydrogens (tertiary/aromatic N) is 2. The fraction of sp³-hybridized carbons (Fsp3) is 0.115. The molecule has 0 fully saturated rings. The van der Waals surface area contributed by atoms with Gasteiger partial charge in [0.1, 0.15) is 11.8 Å². The van der Waals surface area contributed by atoms with E-state index in [-0.39, 0.29) is 11.5 Å². The molecule has 9 heteroatoms. The Labute approximate surface area is 217 Å². The number of carbonyl (C=O) groups is 1. The van der Waals surface area contributed by atoms with Crippen LogP contribution >= 0.6 is 38.6 Å². The second-order valence-electron chi connectivity index (χ2n) is 7.81. The minimum Gasteiger partial charge on any atom is -0.496 e. The zero-order valence-corrected chi connectivity index (χ0v) is 22.0. The maximum Gasteiger partial charge on any atom is 0.271 e. The Hall–Kier alpha value is -3.27. The van der Waals surface area contributed by atoms with E-state index in [9.17, 15) is 9.59 Å². The first-order valence-electron chi connectivity index (χ1n) is 10.7. The average molecular weight is 567 g/mol. The maximum absolute atomic E-state index is 13.7. The van der Waals surface area contributed by atoms with E-state index in [2.05, 4.69) is 26.2 Å². The summed E-state index contributed by atoms with van der Waals surface area (Å²) < 4.78 is 8.28. The lowest BCUT2D eigenvalue weighted by atomic mass is 10.0. The van der Waals surface area contributed by atoms with Crippen molar-refractivity contribution in [3.8, 4) is 5.75 Å². The number of anilines is 1. The molecule has 2 aromatic carbocycles. The van der Waals surface area contributed by atoms with Gasteiger partial charge in [-0.15, -0.1) is 11.3 Å². The third kappa shape index (κ3) is 4.54. The number of fused-ring (bicyclic) bond motifs is 1. The van der Waals surface area contributed by atoms with Crippen LogP contribution in [0.4, 0.5) is 5.69 Å². The summed E-state index contributed by atoms with van der Waals surface area (Å²) in [5.41, 5.74) is 2.41. The zero-order valence-electron chi connectivity index (χ0n) is 18.8. The van der Waals surface area contributed by atoms with Crippen molar-refractivity contribution in [1.82, 2.24) is 4.57 Å². The Morgan fingerprint density at radius 2 is 1.97 bits per heavy atom. The third-order valence-corrected chi connectivity index (χ3v) is 8.11. The Kier molecular flexibility index (Phi) is 6.55. The van der Waals surface area contributed by atoms with E-state index in [4.69, 9.17) is 4.74 Å². The molecule has 0 bridgehead atoms. The van der Waals surface area contributed by atoms with Crippen molar-refractivity contribution in [2.24, 2.45) is 4.99 Å². The smallest absolute Gasteiger partial charge is 0.271 e. The SMILES string of the molecule is COc1ccc(/C=c2\sc3n(c2=O)C(c2cccs2)C(C(=O)Nc2ccccc2)=C(C)N=3)cc1Br. The number of carbonyl (C=O) groups excluding carboxylic acids is 1. The predicted octanol–water partition coefficient (Wildman–Crippen LogP) is 4.71. The molecule has 0 saturated heterocycles. The Morgan fingerprint density at radius 1 is 1.17 bits per heavy atom. The molecule has 1 aliphatic heterocycles. The van der Waals surface area contributed by atoms with Gasteiger partial charge in [0.2, 0.25) is 0 Å². The van der Waals surface area contributed by atoms with Crippen LogP contribution in [0, 0.1) is 0 Å². The predicted molar refractivity (Wildman–Crippen MR) is 144 cm³/mol. The molecule has 4 aromatic rings. The van der Waals surface area contributed by atoms with Crippen molar-refractivity contribution in [1.29, 1.82) is 0 Å². The molecule has 0 radical (unpaired) electrons. The molecule has 6 nitrogen and oxygen atoms in total. The van der Waals surface area contributed by atoms with Crippen LogP contribution in [0.5, 0.6) is 5.75 Å². The van der Waals surface area contributed by atoms with Crippen LogP contribution in [0.2, 0.25) is 0 Å². The second kappa shape index (κ2) is 9.77. The Balaban J connectivity index is 1.63. The number of nitrogens with one attached hydrogen (secondary N) is 1. The summed E-state index contributed by atoms with van der Waals surface area (Å²) in [6, 6.07) is 18.2. The van der Waals surface area contributed by atoms with E-state index in [0.29, 0.717) is 32.0 Å². The highest BCUT2D eigenvalue weighted by Gasteiger charge is 2.33. The molecule has 1 aliphatic rings. The Morgan fingerprint density at radius 3 is 2.66 bits per heavy atom. The van der Waals surface area contributed by atoms with Crippen molar-refractivity contribution in [3.63, 3.8) is 0 Å². The van der Waals surface area contributed by atoms with Gasteiger partial charge >= 0.3 is 0 Å². The molecule has 35 heavy (non-hydrogen) atoms. The molecule has 5 rings (SSSR count). The number of methoxy groups -OCH3 is 1. The van der Waals surface area contributed by atoms with E-state index < -0.39 is 6.04 Å². The molecule has 3 heterocycles. The monoisotopic (exact) mass is 565 g/mol. The fourth-order valence-electron chi connectivity index (χ4n) is 3.97. The summed E-state index contributed by atoms with van der Waals surface area (Å²) in [5.74, 6) is 0.440. The van der Waals surface area contributed by atoms with Crippen LogP contribution in [0.15, 0.2) is 91.6 Å². The highest BCUT2D eigenvalue weighted by Crippen LogP contribution is 2.33. The summed E-state index contributed by atoms with van der Waals surface area (Å²) in [5, 5.41) is 4.91. The molecule has 0 aliphatic carbocycles. The number of thiazole rings is 1. The van der Waals surface area contributed by atoms with Gasteiger partial charge in [-0.2, -0.15) is 0 Å². The van der Waals surface area contributed by atoms with Gasteiger partial charge < -0.3 is 10.1 Å². The summed E-state index contributed by atoms with van der Waals surface area (Å²) in [7, 11) is 1.61. The largest absolute Gasteiger partial charge is 0.496 e. The number of halogens is 1. The molecular weight excluding hydrogens is 546 g/mol. The van der Waals surface area contributed by atoms with Gasteiger partial charge in [0.05, 0.1) is 27.4 Å². The van der Waals surface area contributed by atoms with Crippen molar-refractivity contribution in [2.75, 3.05) is 12.4 Å². The van der Waals surface area contributed by atoms with Gasteiger partial charge in [0.25, 0.3) is 11.5 Å². The van der Waals surface area contributed by atoms with Gasteiger partial charge in [-0.1, -0.05) is 41.7 Å². The number of amides is 1. The summed E-state index contributed by atoms with van der Waals surface area (Å²) in [6.07, 6.45) is 1.84. The third-order valence-electron chi connectivity index (χ3n) is 5.58. The number of ether oxygens (including phenoxy) is 1. The standard InChI is InChI=1S/C26H20BrN3O3S2/c1-15-22(24(31)29-17-7-4-3-5-8-17)23(20-9-6-12-34-20)30-25(32)21(35-26(30)28-15)14-16-10-11-19(33-2)18(27)13-16/h3-14,23H,1-2H3,(H,29,31)/b21-14-. The number of para-hydroxylation sites is 1. The Bertz CT molecular complexity index is 1620. The average Bonchev–Trinajstić information content (AvgIpc) is 3.48. The number of allylic oxidation sites excluding steroid dienone is 1. The van der Waals surface area contributed by atoms with Crippen LogP contribution in [0.1, 0.15) is 23.4 Å². The normalized spacial score (nSPS) is 15.5. The zero-order chi connectivity index (χ0) is 24.5. The van der Waals surface area contributed by atoms with E-state index in [1.54, 1.807) is 11.7 Å². The second-order valence-corrected chi connectivity index (χ2v) is 10.7. The minimum atomic E-state index is -0.556. The van der Waals surface area contributed by atoms with Gasteiger partial charge in [-0.05, 0) is 70.2 Å². The number of aromatic nitrogens is 1. The molecular formula is C26H20BrN3O3S2. The van der Waals surface area contributed by atoms with E-state index in [0.717, 1.165) is 14.9 Å². The first-order valence-corrected chi connectivity index (χ1v) is 13.2. The summed E-state index contributed by atoms with van der Waals surface area (Å²) in [4.78, 5) is 33.2. The van der Waals surface area contributed by atoms with Crippen LogP contribution in [0.25, 0.3) is 6.08 Å². The quantitative estimate of drug-likeness (QED) is 0.381. The van der Waals surface area contributed by atoms with Gasteiger partial charge in [0, 0.05) is 10.6 Å². The lowest BCUT2D eigenvalue weighted by Gasteiger charge is -2.24. The van der Waals surface area contributed by atoms with Crippen LogP contribution in [-0.2, 0) is 4.79 Å². The number of benzene rings is 2. The van der Waals surface area contributed by atoms with Crippen molar-refractivity contribution < 1.29 is 9.53 Å². The molecule has 1 unspecified atom stereocenters. The van der Waals surface area contributed by atoms with E-state index >= 15 is 0 Å². The highest BCUT2D eigenvalue weighted by atomic mass is 79.9. The number of rotatable bonds is 5. The van der Waals surface area contributed by atoms with Gasteiger partial charge in [-0.3, -0.25) is 14.2 Å². The van der Waals surface area contributed by atoms with Crippen LogP contribution in [0.3, 0.4) is 0 Å². The number of thiophene rings is 1. The fourth-order valence-corrected chi connectivity index (χ4v) is 6.40. The molecule has 1 atom stereocenters. The number of hydrogen-bond donors (Lipinski definition) is 1. The summed E-state index contributed by atoms with van der Waals surface area (Å²) >= 11 is 6.32.